The van der Waals surface area contributed by atoms with Gasteiger partial charge in [-0.2, -0.15) is 23.5 Å². The van der Waals surface area contributed by atoms with Gasteiger partial charge in [0.25, 0.3) is 0 Å². The lowest BCUT2D eigenvalue weighted by Gasteiger charge is -2.14. The Balaban J connectivity index is 2.20. The van der Waals surface area contributed by atoms with Crippen molar-refractivity contribution in [1.29, 1.82) is 5.26 Å². The van der Waals surface area contributed by atoms with Crippen LogP contribution in [0.15, 0.2) is 18.2 Å². The van der Waals surface area contributed by atoms with Crippen LogP contribution in [-0.2, 0) is 32.7 Å². The van der Waals surface area contributed by atoms with Crippen LogP contribution < -0.4 is 10.1 Å². The van der Waals surface area contributed by atoms with Crippen molar-refractivity contribution in [2.24, 2.45) is 7.05 Å². The van der Waals surface area contributed by atoms with Crippen molar-refractivity contribution in [3.63, 3.8) is 0 Å². The molecular weight excluding hydrogens is 333 g/mol. The third kappa shape index (κ3) is 4.12. The van der Waals surface area contributed by atoms with E-state index in [1.807, 2.05) is 6.92 Å². The van der Waals surface area contributed by atoms with Gasteiger partial charge in [-0.3, -0.25) is 0 Å². The molecule has 25 heavy (non-hydrogen) atoms. The fraction of sp³-hybridized carbons (Fsp3) is 0.412. The van der Waals surface area contributed by atoms with E-state index in [9.17, 15) is 13.2 Å². The fourth-order valence-corrected chi connectivity index (χ4v) is 2.71. The lowest BCUT2D eigenvalue weighted by atomic mass is 10.0. The van der Waals surface area contributed by atoms with Crippen LogP contribution in [0.25, 0.3) is 0 Å². The van der Waals surface area contributed by atoms with Gasteiger partial charge in [-0.15, -0.1) is 0 Å². The summed E-state index contributed by atoms with van der Waals surface area (Å²) in [5.74, 6) is 0.584. The largest absolute Gasteiger partial charge is 0.481 e. The Labute approximate surface area is 144 Å². The summed E-state index contributed by atoms with van der Waals surface area (Å²) < 4.78 is 46.5. The lowest BCUT2D eigenvalue weighted by molar-refractivity contribution is -0.138. The molecule has 1 aromatic carbocycles. The first-order chi connectivity index (χ1) is 11.8. The molecule has 1 N–H and O–H groups in total. The van der Waals surface area contributed by atoms with Gasteiger partial charge < -0.3 is 10.1 Å². The number of aryl methyl sites for hydroxylation is 2. The first-order valence-corrected chi connectivity index (χ1v) is 7.71. The Hall–Kier alpha value is -2.53. The molecule has 0 spiro atoms. The summed E-state index contributed by atoms with van der Waals surface area (Å²) in [6.45, 7) is 2.30. The fourth-order valence-electron chi connectivity index (χ4n) is 2.71. The van der Waals surface area contributed by atoms with Gasteiger partial charge >= 0.3 is 6.18 Å². The maximum atomic E-state index is 13.2. The Kier molecular flexibility index (Phi) is 5.69. The highest BCUT2D eigenvalue weighted by Crippen LogP contribution is 2.32. The highest BCUT2D eigenvalue weighted by atomic mass is 19.4. The molecule has 0 saturated carbocycles. The Morgan fingerprint density at radius 1 is 1.32 bits per heavy atom. The van der Waals surface area contributed by atoms with Crippen LogP contribution in [-0.4, -0.2) is 16.9 Å². The molecule has 0 saturated heterocycles. The van der Waals surface area contributed by atoms with E-state index in [-0.39, 0.29) is 17.7 Å². The third-order valence-electron chi connectivity index (χ3n) is 3.86. The first-order valence-electron chi connectivity index (χ1n) is 7.71. The van der Waals surface area contributed by atoms with Crippen molar-refractivity contribution in [3.8, 4) is 11.9 Å². The minimum Gasteiger partial charge on any atom is -0.481 e. The standard InChI is InChI=1S/C17H19F3N4O/c1-4-15-13(16(25-3)24(2)23-15)10-22-9-12-6-5-11(8-21)7-14(12)17(18,19)20/h5-7,22H,4,9-10H2,1-3H3. The zero-order valence-electron chi connectivity index (χ0n) is 14.2. The predicted molar refractivity (Wildman–Crippen MR) is 85.8 cm³/mol. The quantitative estimate of drug-likeness (QED) is 0.867. The summed E-state index contributed by atoms with van der Waals surface area (Å²) in [6, 6.07) is 5.32. The molecule has 0 aliphatic rings. The van der Waals surface area contributed by atoms with E-state index in [4.69, 9.17) is 10.00 Å². The van der Waals surface area contributed by atoms with E-state index in [1.54, 1.807) is 17.8 Å². The Morgan fingerprint density at radius 2 is 2.04 bits per heavy atom. The molecule has 134 valence electrons. The number of alkyl halides is 3. The van der Waals surface area contributed by atoms with Crippen molar-refractivity contribution < 1.29 is 17.9 Å². The molecular formula is C17H19F3N4O. The van der Waals surface area contributed by atoms with Gasteiger partial charge in [0.05, 0.1) is 35.6 Å². The molecule has 0 atom stereocenters. The lowest BCUT2D eigenvalue weighted by Crippen LogP contribution is -2.18. The second-order valence-electron chi connectivity index (χ2n) is 5.50. The van der Waals surface area contributed by atoms with Crippen LogP contribution >= 0.6 is 0 Å². The molecule has 5 nitrogen and oxygen atoms in total. The molecule has 0 unspecified atom stereocenters. The van der Waals surface area contributed by atoms with Gasteiger partial charge in [-0.1, -0.05) is 13.0 Å². The number of methoxy groups -OCH3 is 1. The molecule has 2 aromatic rings. The van der Waals surface area contributed by atoms with Crippen molar-refractivity contribution in [2.75, 3.05) is 7.11 Å². The smallest absolute Gasteiger partial charge is 0.416 e. The average Bonchev–Trinajstić information content (AvgIpc) is 2.89. The summed E-state index contributed by atoms with van der Waals surface area (Å²) in [6.07, 6.45) is -3.82. The van der Waals surface area contributed by atoms with E-state index in [0.717, 1.165) is 17.3 Å². The number of ether oxygens (including phenoxy) is 1. The topological polar surface area (TPSA) is 62.9 Å². The van der Waals surface area contributed by atoms with Gasteiger partial charge in [-0.05, 0) is 24.1 Å². The maximum absolute atomic E-state index is 13.2. The molecule has 0 aliphatic heterocycles. The van der Waals surface area contributed by atoms with Gasteiger partial charge in [-0.25, -0.2) is 4.68 Å². The summed E-state index contributed by atoms with van der Waals surface area (Å²) in [5, 5.41) is 16.2. The zero-order chi connectivity index (χ0) is 18.6. The van der Waals surface area contributed by atoms with E-state index in [1.165, 1.54) is 19.2 Å². The number of nitrogens with zero attached hydrogens (tertiary/aromatic N) is 3. The molecule has 0 bridgehead atoms. The average molecular weight is 352 g/mol. The monoisotopic (exact) mass is 352 g/mol. The molecule has 2 rings (SSSR count). The molecule has 0 amide bonds. The molecule has 0 radical (unpaired) electrons. The summed E-state index contributed by atoms with van der Waals surface area (Å²) in [4.78, 5) is 0. The van der Waals surface area contributed by atoms with Crippen molar-refractivity contribution in [1.82, 2.24) is 15.1 Å². The van der Waals surface area contributed by atoms with Crippen molar-refractivity contribution in [3.05, 3.63) is 46.1 Å². The second kappa shape index (κ2) is 7.57. The van der Waals surface area contributed by atoms with Gasteiger partial charge in [0.2, 0.25) is 5.88 Å². The number of rotatable bonds is 6. The number of halogens is 3. The Morgan fingerprint density at radius 3 is 2.60 bits per heavy atom. The van der Waals surface area contributed by atoms with Gasteiger partial charge in [0.15, 0.2) is 0 Å². The molecule has 0 aliphatic carbocycles. The van der Waals surface area contributed by atoms with Gasteiger partial charge in [0.1, 0.15) is 0 Å². The highest BCUT2D eigenvalue weighted by Gasteiger charge is 2.33. The molecule has 0 fully saturated rings. The second-order valence-corrected chi connectivity index (χ2v) is 5.50. The SMILES string of the molecule is CCc1nn(C)c(OC)c1CNCc1ccc(C#N)cc1C(F)(F)F. The maximum Gasteiger partial charge on any atom is 0.416 e. The Bertz CT molecular complexity index is 790. The van der Waals surface area contributed by atoms with Crippen LogP contribution in [0.3, 0.4) is 0 Å². The first kappa shape index (κ1) is 18.8. The summed E-state index contributed by atoms with van der Waals surface area (Å²) in [5.41, 5.74) is 0.941. The van der Waals surface area contributed by atoms with E-state index in [2.05, 4.69) is 10.4 Å². The van der Waals surface area contributed by atoms with E-state index in [0.29, 0.717) is 18.8 Å². The number of hydrogen-bond donors (Lipinski definition) is 1. The van der Waals surface area contributed by atoms with Crippen LogP contribution in [0.5, 0.6) is 5.88 Å². The number of aromatic nitrogens is 2. The van der Waals surface area contributed by atoms with Gasteiger partial charge in [0, 0.05) is 20.1 Å². The number of benzene rings is 1. The summed E-state index contributed by atoms with van der Waals surface area (Å²) >= 11 is 0. The van der Waals surface area contributed by atoms with Crippen LogP contribution in [0, 0.1) is 11.3 Å². The van der Waals surface area contributed by atoms with Crippen LogP contribution in [0.2, 0.25) is 0 Å². The number of nitrogens with one attached hydrogen (secondary N) is 1. The third-order valence-corrected chi connectivity index (χ3v) is 3.86. The minimum absolute atomic E-state index is 0.0155. The predicted octanol–water partition coefficient (Wildman–Crippen LogP) is 3.17. The molecule has 8 heteroatoms. The van der Waals surface area contributed by atoms with Crippen LogP contribution in [0.4, 0.5) is 13.2 Å². The zero-order valence-corrected chi connectivity index (χ0v) is 14.2. The molecule has 1 aromatic heterocycles. The highest BCUT2D eigenvalue weighted by molar-refractivity contribution is 5.40. The van der Waals surface area contributed by atoms with Crippen molar-refractivity contribution in [2.45, 2.75) is 32.6 Å². The minimum atomic E-state index is -4.51. The van der Waals surface area contributed by atoms with E-state index < -0.39 is 11.7 Å². The van der Waals surface area contributed by atoms with Crippen LogP contribution in [0.1, 0.15) is 34.9 Å². The molecule has 1 heterocycles. The number of hydrogen-bond acceptors (Lipinski definition) is 4. The summed E-state index contributed by atoms with van der Waals surface area (Å²) in [7, 11) is 3.28. The van der Waals surface area contributed by atoms with E-state index >= 15 is 0 Å². The normalized spacial score (nSPS) is 11.4. The number of nitriles is 1. The van der Waals surface area contributed by atoms with Crippen molar-refractivity contribution >= 4 is 0 Å².